The van der Waals surface area contributed by atoms with Crippen molar-refractivity contribution in [1.82, 2.24) is 0 Å². The van der Waals surface area contributed by atoms with Crippen LogP contribution in [-0.4, -0.2) is 12.1 Å². The number of rotatable bonds is 6. The van der Waals surface area contributed by atoms with Crippen LogP contribution in [-0.2, 0) is 9.53 Å². The van der Waals surface area contributed by atoms with Crippen LogP contribution in [0.2, 0.25) is 0 Å². The fraction of sp³-hybridized carbons (Fsp3) is 0.957. The Balaban J connectivity index is 0.00000151. The van der Waals surface area contributed by atoms with E-state index >= 15 is 0 Å². The van der Waals surface area contributed by atoms with Crippen molar-refractivity contribution >= 4 is 5.97 Å². The van der Waals surface area contributed by atoms with Crippen molar-refractivity contribution < 1.29 is 9.53 Å². The van der Waals surface area contributed by atoms with Crippen molar-refractivity contribution in [2.24, 2.45) is 29.6 Å². The molecule has 2 nitrogen and oxygen atoms in total. The minimum Gasteiger partial charge on any atom is -0.462 e. The molecule has 0 saturated heterocycles. The van der Waals surface area contributed by atoms with E-state index < -0.39 is 0 Å². The standard InChI is InChI=1S/C21H38O2.C2H6/c1-15(2)5-8-17(4)23-21(22)20-13-11-19(12-14-20)18-9-6-16(3)7-10-18;1-2/h15-20H,5-14H2,1-4H3;1-2H3. The highest BCUT2D eigenvalue weighted by molar-refractivity contribution is 5.72. The van der Waals surface area contributed by atoms with Crippen LogP contribution in [0, 0.1) is 29.6 Å². The average molecular weight is 353 g/mol. The molecule has 1 unspecified atom stereocenters. The molecule has 2 heteroatoms. The number of hydrogen-bond donors (Lipinski definition) is 0. The van der Waals surface area contributed by atoms with Crippen LogP contribution in [0.25, 0.3) is 0 Å². The van der Waals surface area contributed by atoms with Crippen LogP contribution in [0.15, 0.2) is 0 Å². The molecule has 25 heavy (non-hydrogen) atoms. The Morgan fingerprint density at radius 2 is 1.32 bits per heavy atom. The van der Waals surface area contributed by atoms with Crippen LogP contribution in [0.4, 0.5) is 0 Å². The fourth-order valence-corrected chi connectivity index (χ4v) is 4.51. The van der Waals surface area contributed by atoms with E-state index in [1.165, 1.54) is 38.5 Å². The maximum atomic E-state index is 12.4. The van der Waals surface area contributed by atoms with E-state index in [1.807, 2.05) is 13.8 Å². The van der Waals surface area contributed by atoms with Gasteiger partial charge in [-0.05, 0) is 82.0 Å². The second-order valence-corrected chi connectivity index (χ2v) is 8.85. The van der Waals surface area contributed by atoms with E-state index in [2.05, 4.69) is 27.7 Å². The molecule has 0 aromatic rings. The summed E-state index contributed by atoms with van der Waals surface area (Å²) in [5, 5.41) is 0. The Morgan fingerprint density at radius 1 is 0.840 bits per heavy atom. The van der Waals surface area contributed by atoms with Crippen molar-refractivity contribution in [2.75, 3.05) is 0 Å². The SMILES string of the molecule is CC.CC(C)CCC(C)OC(=O)C1CCC(C2CCC(C)CC2)CC1. The maximum absolute atomic E-state index is 12.4. The van der Waals surface area contributed by atoms with Crippen molar-refractivity contribution in [2.45, 2.75) is 112 Å². The Bertz CT molecular complexity index is 347. The number of carbonyl (C=O) groups is 1. The minimum atomic E-state index is 0.0805. The second kappa shape index (κ2) is 12.0. The number of hydrogen-bond acceptors (Lipinski definition) is 2. The summed E-state index contributed by atoms with van der Waals surface area (Å²) >= 11 is 0. The van der Waals surface area contributed by atoms with Crippen molar-refractivity contribution in [3.63, 3.8) is 0 Å². The zero-order valence-electron chi connectivity index (χ0n) is 17.9. The molecule has 0 spiro atoms. The largest absolute Gasteiger partial charge is 0.462 e. The van der Waals surface area contributed by atoms with E-state index in [9.17, 15) is 4.79 Å². The topological polar surface area (TPSA) is 26.3 Å². The van der Waals surface area contributed by atoms with E-state index in [0.717, 1.165) is 43.4 Å². The molecule has 1 atom stereocenters. The number of esters is 1. The summed E-state index contributed by atoms with van der Waals surface area (Å²) in [7, 11) is 0. The van der Waals surface area contributed by atoms with Crippen molar-refractivity contribution in [3.05, 3.63) is 0 Å². The summed E-state index contributed by atoms with van der Waals surface area (Å²) in [6.07, 6.45) is 12.5. The van der Waals surface area contributed by atoms with Crippen LogP contribution in [0.3, 0.4) is 0 Å². The normalized spacial score (nSPS) is 31.0. The van der Waals surface area contributed by atoms with Crippen LogP contribution >= 0.6 is 0 Å². The summed E-state index contributed by atoms with van der Waals surface area (Å²) in [5.74, 6) is 3.69. The first-order valence-electron chi connectivity index (χ1n) is 11.2. The molecule has 0 heterocycles. The zero-order chi connectivity index (χ0) is 18.8. The van der Waals surface area contributed by atoms with Gasteiger partial charge in [0.2, 0.25) is 0 Å². The fourth-order valence-electron chi connectivity index (χ4n) is 4.51. The Labute approximate surface area is 157 Å². The first-order chi connectivity index (χ1) is 12.0. The highest BCUT2D eigenvalue weighted by Crippen LogP contribution is 2.41. The van der Waals surface area contributed by atoms with Gasteiger partial charge in [-0.15, -0.1) is 0 Å². The number of carbonyl (C=O) groups excluding carboxylic acids is 1. The van der Waals surface area contributed by atoms with Crippen molar-refractivity contribution in [3.8, 4) is 0 Å². The monoisotopic (exact) mass is 352 g/mol. The van der Waals surface area contributed by atoms with Crippen LogP contribution < -0.4 is 0 Å². The van der Waals surface area contributed by atoms with E-state index in [-0.39, 0.29) is 18.0 Å². The Morgan fingerprint density at radius 3 is 1.80 bits per heavy atom. The molecule has 0 aromatic carbocycles. The van der Waals surface area contributed by atoms with E-state index in [4.69, 9.17) is 4.74 Å². The van der Waals surface area contributed by atoms with Gasteiger partial charge in [0.15, 0.2) is 0 Å². The van der Waals surface area contributed by atoms with Gasteiger partial charge in [0, 0.05) is 0 Å². The van der Waals surface area contributed by atoms with Gasteiger partial charge in [0.1, 0.15) is 0 Å². The lowest BCUT2D eigenvalue weighted by atomic mass is 9.69. The Hall–Kier alpha value is -0.530. The zero-order valence-corrected chi connectivity index (χ0v) is 17.9. The highest BCUT2D eigenvalue weighted by atomic mass is 16.5. The first kappa shape index (κ1) is 22.5. The number of ether oxygens (including phenoxy) is 1. The van der Waals surface area contributed by atoms with Gasteiger partial charge < -0.3 is 4.74 Å². The van der Waals surface area contributed by atoms with Crippen LogP contribution in [0.1, 0.15) is 106 Å². The summed E-state index contributed by atoms with van der Waals surface area (Å²) in [4.78, 5) is 12.4. The lowest BCUT2D eigenvalue weighted by Crippen LogP contribution is -2.30. The lowest BCUT2D eigenvalue weighted by molar-refractivity contribution is -0.155. The van der Waals surface area contributed by atoms with Gasteiger partial charge in [-0.1, -0.05) is 47.5 Å². The van der Waals surface area contributed by atoms with Gasteiger partial charge in [-0.3, -0.25) is 4.79 Å². The lowest BCUT2D eigenvalue weighted by Gasteiger charge is -2.36. The van der Waals surface area contributed by atoms with E-state index in [0.29, 0.717) is 5.92 Å². The van der Waals surface area contributed by atoms with Gasteiger partial charge in [0.05, 0.1) is 12.0 Å². The van der Waals surface area contributed by atoms with E-state index in [1.54, 1.807) is 0 Å². The molecule has 0 N–H and O–H groups in total. The predicted molar refractivity (Wildman–Crippen MR) is 108 cm³/mol. The molecule has 0 radical (unpaired) electrons. The molecule has 0 amide bonds. The molecule has 0 aromatic heterocycles. The molecule has 2 fully saturated rings. The summed E-state index contributed by atoms with van der Waals surface area (Å²) in [6.45, 7) is 12.9. The average Bonchev–Trinajstić information content (AvgIpc) is 2.62. The minimum absolute atomic E-state index is 0.0805. The maximum Gasteiger partial charge on any atom is 0.309 e. The summed E-state index contributed by atoms with van der Waals surface area (Å²) < 4.78 is 5.70. The molecular formula is C23H44O2. The highest BCUT2D eigenvalue weighted by Gasteiger charge is 2.33. The summed E-state index contributed by atoms with van der Waals surface area (Å²) in [6, 6.07) is 0. The first-order valence-corrected chi connectivity index (χ1v) is 11.2. The molecule has 0 bridgehead atoms. The van der Waals surface area contributed by atoms with Gasteiger partial charge in [-0.25, -0.2) is 0 Å². The van der Waals surface area contributed by atoms with Gasteiger partial charge >= 0.3 is 5.97 Å². The Kier molecular flexibility index (Phi) is 10.8. The third-order valence-corrected chi connectivity index (χ3v) is 6.30. The quantitative estimate of drug-likeness (QED) is 0.480. The summed E-state index contributed by atoms with van der Waals surface area (Å²) in [5.41, 5.74) is 0. The van der Waals surface area contributed by atoms with Gasteiger partial charge in [-0.2, -0.15) is 0 Å². The molecule has 148 valence electrons. The predicted octanol–water partition coefficient (Wildman–Crippen LogP) is 7.01. The molecular weight excluding hydrogens is 308 g/mol. The molecule has 2 rings (SSSR count). The second-order valence-electron chi connectivity index (χ2n) is 8.85. The van der Waals surface area contributed by atoms with Crippen molar-refractivity contribution in [1.29, 1.82) is 0 Å². The third kappa shape index (κ3) is 8.13. The third-order valence-electron chi connectivity index (χ3n) is 6.30. The van der Waals surface area contributed by atoms with Gasteiger partial charge in [0.25, 0.3) is 0 Å². The molecule has 2 aliphatic carbocycles. The molecule has 2 saturated carbocycles. The smallest absolute Gasteiger partial charge is 0.309 e. The molecule has 2 aliphatic rings. The van der Waals surface area contributed by atoms with Crippen LogP contribution in [0.5, 0.6) is 0 Å². The molecule has 0 aliphatic heterocycles.